The number of hydrogen-bond acceptors (Lipinski definition) is 6. The van der Waals surface area contributed by atoms with Gasteiger partial charge in [-0.25, -0.2) is 9.36 Å². The van der Waals surface area contributed by atoms with Crippen LogP contribution in [0.1, 0.15) is 124 Å². The topological polar surface area (TPSA) is 112 Å². The van der Waals surface area contributed by atoms with Crippen LogP contribution in [0.3, 0.4) is 0 Å². The SMILES string of the molecule is CCCCCCCCCCCCCCCCOc1ccc(Cl)cc1NC(=O)C(C(=O)C(C)(C)C)n1c(O)c(OC)n(C)c1=O. The zero-order valence-electron chi connectivity index (χ0n) is 27.7. The van der Waals surface area contributed by atoms with Crippen LogP contribution in [0, 0.1) is 5.41 Å². The highest BCUT2D eigenvalue weighted by atomic mass is 35.5. The van der Waals surface area contributed by atoms with E-state index in [4.69, 9.17) is 21.1 Å². The first-order chi connectivity index (χ1) is 20.9. The number of amides is 1. The molecule has 0 aliphatic rings. The summed E-state index contributed by atoms with van der Waals surface area (Å²) in [5, 5.41) is 13.8. The lowest BCUT2D eigenvalue weighted by Gasteiger charge is -2.25. The molecule has 10 heteroatoms. The second-order valence-electron chi connectivity index (χ2n) is 12.6. The summed E-state index contributed by atoms with van der Waals surface area (Å²) in [6, 6.07) is 3.20. The maximum atomic E-state index is 13.6. The van der Waals surface area contributed by atoms with Gasteiger partial charge in [0.15, 0.2) is 11.8 Å². The molecule has 2 N–H and O–H groups in total. The molecule has 1 heterocycles. The van der Waals surface area contributed by atoms with Gasteiger partial charge in [0.1, 0.15) is 5.75 Å². The highest BCUT2D eigenvalue weighted by Crippen LogP contribution is 2.34. The predicted molar refractivity (Wildman–Crippen MR) is 177 cm³/mol. The molecule has 2 aromatic rings. The predicted octanol–water partition coefficient (Wildman–Crippen LogP) is 8.21. The Hall–Kier alpha value is -2.94. The van der Waals surface area contributed by atoms with Crippen LogP contribution in [-0.4, -0.2) is 39.6 Å². The van der Waals surface area contributed by atoms with Crippen LogP contribution in [0.25, 0.3) is 0 Å². The standard InChI is InChI=1S/C34H54ClN3O6/c1-7-8-9-10-11-12-13-14-15-16-17-18-19-20-23-44-27-22-21-25(35)24-26(27)36-30(40)28(29(39)34(2,3)4)38-31(41)32(43-6)37(5)33(38)42/h21-22,24,28,41H,7-20,23H2,1-6H3,(H,36,40). The average Bonchev–Trinajstić information content (AvgIpc) is 3.18. The number of hydrogen-bond donors (Lipinski definition) is 2. The molecular weight excluding hydrogens is 582 g/mol. The number of ketones is 1. The average molecular weight is 636 g/mol. The van der Waals surface area contributed by atoms with E-state index in [2.05, 4.69) is 12.2 Å². The zero-order chi connectivity index (χ0) is 32.7. The molecular formula is C34H54ClN3O6. The maximum absolute atomic E-state index is 13.6. The number of rotatable bonds is 21. The summed E-state index contributed by atoms with van der Waals surface area (Å²) in [5.74, 6) is -1.74. The number of nitrogens with one attached hydrogen (secondary N) is 1. The van der Waals surface area contributed by atoms with Gasteiger partial charge in [-0.15, -0.1) is 0 Å². The van der Waals surface area contributed by atoms with Gasteiger partial charge in [0.05, 0.1) is 19.4 Å². The van der Waals surface area contributed by atoms with Crippen molar-refractivity contribution in [1.82, 2.24) is 9.13 Å². The largest absolute Gasteiger partial charge is 0.491 e. The van der Waals surface area contributed by atoms with E-state index >= 15 is 0 Å². The minimum Gasteiger partial charge on any atom is -0.491 e. The normalized spacial score (nSPS) is 12.2. The lowest BCUT2D eigenvalue weighted by molar-refractivity contribution is -0.135. The van der Waals surface area contributed by atoms with Gasteiger partial charge in [-0.3, -0.25) is 14.2 Å². The minimum absolute atomic E-state index is 0.158. The number of nitrogens with zero attached hydrogens (tertiary/aromatic N) is 2. The Labute approximate surface area is 268 Å². The molecule has 44 heavy (non-hydrogen) atoms. The first-order valence-electron chi connectivity index (χ1n) is 16.3. The molecule has 0 radical (unpaired) electrons. The van der Waals surface area contributed by atoms with Crippen molar-refractivity contribution in [3.05, 3.63) is 33.7 Å². The number of carbonyl (C=O) groups excluding carboxylic acids is 2. The highest BCUT2D eigenvalue weighted by molar-refractivity contribution is 6.31. The molecule has 248 valence electrons. The molecule has 1 unspecified atom stereocenters. The third kappa shape index (κ3) is 11.2. The Morgan fingerprint density at radius 3 is 1.93 bits per heavy atom. The Balaban J connectivity index is 1.93. The number of unbranched alkanes of at least 4 members (excludes halogenated alkanes) is 13. The fourth-order valence-corrected chi connectivity index (χ4v) is 5.39. The van der Waals surface area contributed by atoms with E-state index in [9.17, 15) is 19.5 Å². The maximum Gasteiger partial charge on any atom is 0.334 e. The van der Waals surface area contributed by atoms with Crippen LogP contribution >= 0.6 is 11.6 Å². The number of aromatic nitrogens is 2. The Kier molecular flexibility index (Phi) is 15.9. The summed E-state index contributed by atoms with van der Waals surface area (Å²) < 4.78 is 12.9. The molecule has 1 atom stereocenters. The summed E-state index contributed by atoms with van der Waals surface area (Å²) in [4.78, 5) is 40.1. The van der Waals surface area contributed by atoms with Crippen molar-refractivity contribution in [2.45, 2.75) is 124 Å². The summed E-state index contributed by atoms with van der Waals surface area (Å²) >= 11 is 6.23. The van der Waals surface area contributed by atoms with Crippen LogP contribution in [0.5, 0.6) is 17.5 Å². The number of aromatic hydroxyl groups is 1. The highest BCUT2D eigenvalue weighted by Gasteiger charge is 2.40. The molecule has 0 bridgehead atoms. The zero-order valence-corrected chi connectivity index (χ0v) is 28.4. The monoisotopic (exact) mass is 635 g/mol. The second kappa shape index (κ2) is 18.8. The molecule has 0 saturated carbocycles. The molecule has 1 aromatic heterocycles. The fraction of sp³-hybridized carbons (Fsp3) is 0.676. The Morgan fingerprint density at radius 2 is 1.45 bits per heavy atom. The van der Waals surface area contributed by atoms with E-state index in [0.717, 1.165) is 28.4 Å². The Morgan fingerprint density at radius 1 is 0.932 bits per heavy atom. The van der Waals surface area contributed by atoms with Crippen LogP contribution in [-0.2, 0) is 16.6 Å². The number of methoxy groups -OCH3 is 1. The van der Waals surface area contributed by atoms with E-state index in [0.29, 0.717) is 17.4 Å². The molecule has 2 rings (SSSR count). The smallest absolute Gasteiger partial charge is 0.334 e. The summed E-state index contributed by atoms with van der Waals surface area (Å²) in [6.07, 6.45) is 17.7. The molecule has 1 amide bonds. The molecule has 9 nitrogen and oxygen atoms in total. The number of imidazole rings is 1. The first kappa shape index (κ1) is 37.2. The second-order valence-corrected chi connectivity index (χ2v) is 13.1. The lowest BCUT2D eigenvalue weighted by atomic mass is 9.86. The van der Waals surface area contributed by atoms with Crippen molar-refractivity contribution < 1.29 is 24.2 Å². The van der Waals surface area contributed by atoms with Crippen molar-refractivity contribution in [3.8, 4) is 17.5 Å². The van der Waals surface area contributed by atoms with Crippen molar-refractivity contribution in [1.29, 1.82) is 0 Å². The van der Waals surface area contributed by atoms with Crippen molar-refractivity contribution in [2.75, 3.05) is 19.0 Å². The van der Waals surface area contributed by atoms with E-state index in [-0.39, 0.29) is 11.6 Å². The number of anilines is 1. The van der Waals surface area contributed by atoms with Crippen molar-refractivity contribution in [3.63, 3.8) is 0 Å². The molecule has 0 spiro atoms. The lowest BCUT2D eigenvalue weighted by Crippen LogP contribution is -2.42. The molecule has 0 aliphatic carbocycles. The number of Topliss-reactive ketones (excluding diaryl/α,β-unsaturated/α-hetero) is 1. The van der Waals surface area contributed by atoms with Gasteiger partial charge in [0.25, 0.3) is 17.7 Å². The van der Waals surface area contributed by atoms with E-state index < -0.39 is 34.7 Å². The summed E-state index contributed by atoms with van der Waals surface area (Å²) in [7, 11) is 2.67. The third-order valence-electron chi connectivity index (χ3n) is 7.86. The number of benzene rings is 1. The van der Waals surface area contributed by atoms with E-state index in [1.165, 1.54) is 90.9 Å². The number of ether oxygens (including phenoxy) is 2. The minimum atomic E-state index is -1.66. The summed E-state index contributed by atoms with van der Waals surface area (Å²) in [5.41, 5.74) is -1.49. The first-order valence-corrected chi connectivity index (χ1v) is 16.6. The fourth-order valence-electron chi connectivity index (χ4n) is 5.22. The van der Waals surface area contributed by atoms with Gasteiger partial charge in [-0.2, -0.15) is 0 Å². The van der Waals surface area contributed by atoms with Gasteiger partial charge in [0, 0.05) is 17.5 Å². The molecule has 0 saturated heterocycles. The van der Waals surface area contributed by atoms with Crippen LogP contribution in [0.15, 0.2) is 23.0 Å². The van der Waals surface area contributed by atoms with Crippen LogP contribution in [0.2, 0.25) is 5.02 Å². The Bertz CT molecular complexity index is 1250. The summed E-state index contributed by atoms with van der Waals surface area (Å²) in [6.45, 7) is 7.64. The van der Waals surface area contributed by atoms with E-state index in [1.54, 1.807) is 32.9 Å². The molecule has 0 fully saturated rings. The molecule has 0 aliphatic heterocycles. The number of halogens is 1. The third-order valence-corrected chi connectivity index (χ3v) is 8.09. The van der Waals surface area contributed by atoms with Crippen molar-refractivity contribution in [2.24, 2.45) is 12.5 Å². The van der Waals surface area contributed by atoms with Gasteiger partial charge >= 0.3 is 5.69 Å². The molecule has 1 aromatic carbocycles. The van der Waals surface area contributed by atoms with Gasteiger partial charge in [-0.05, 0) is 24.6 Å². The quantitative estimate of drug-likeness (QED) is 0.106. The van der Waals surface area contributed by atoms with Crippen LogP contribution < -0.4 is 20.5 Å². The number of carbonyl (C=O) groups is 2. The van der Waals surface area contributed by atoms with Gasteiger partial charge < -0.3 is 19.9 Å². The van der Waals surface area contributed by atoms with Crippen LogP contribution in [0.4, 0.5) is 5.69 Å². The van der Waals surface area contributed by atoms with Crippen molar-refractivity contribution >= 4 is 29.0 Å². The van der Waals surface area contributed by atoms with Gasteiger partial charge in [0.2, 0.25) is 0 Å². The van der Waals surface area contributed by atoms with E-state index in [1.807, 2.05) is 0 Å². The van der Waals surface area contributed by atoms with Gasteiger partial charge in [-0.1, -0.05) is 123 Å².